The van der Waals surface area contributed by atoms with Crippen molar-refractivity contribution in [1.29, 1.82) is 0 Å². The second-order valence-corrected chi connectivity index (χ2v) is 4.66. The molecule has 0 aliphatic carbocycles. The summed E-state index contributed by atoms with van der Waals surface area (Å²) in [6.45, 7) is 1.84. The van der Waals surface area contributed by atoms with Crippen LogP contribution in [0, 0.1) is 18.6 Å². The normalized spacial score (nSPS) is 10.6. The summed E-state index contributed by atoms with van der Waals surface area (Å²) in [4.78, 5) is 0. The first-order chi connectivity index (χ1) is 8.00. The van der Waals surface area contributed by atoms with Crippen LogP contribution in [-0.2, 0) is 0 Å². The van der Waals surface area contributed by atoms with Crippen LogP contribution < -0.4 is 5.73 Å². The molecular weight excluding hydrogens is 288 g/mol. The molecule has 0 unspecified atom stereocenters. The van der Waals surface area contributed by atoms with Crippen LogP contribution in [0.15, 0.2) is 34.8 Å². The van der Waals surface area contributed by atoms with Crippen molar-refractivity contribution in [2.24, 2.45) is 0 Å². The smallest absolute Gasteiger partial charge is 0.148 e. The summed E-state index contributed by atoms with van der Waals surface area (Å²) >= 11 is 3.04. The van der Waals surface area contributed by atoms with E-state index in [0.29, 0.717) is 11.3 Å². The monoisotopic (exact) mass is 297 g/mol. The predicted molar refractivity (Wildman–Crippen MR) is 68.6 cm³/mol. The molecule has 0 amide bonds. The Bertz CT molecular complexity index is 582. The van der Waals surface area contributed by atoms with Gasteiger partial charge in [-0.1, -0.05) is 11.6 Å². The molecule has 0 heterocycles. The van der Waals surface area contributed by atoms with Gasteiger partial charge in [0, 0.05) is 11.3 Å². The van der Waals surface area contributed by atoms with E-state index in [9.17, 15) is 8.78 Å². The first-order valence-electron chi connectivity index (χ1n) is 5.00. The van der Waals surface area contributed by atoms with E-state index in [2.05, 4.69) is 15.9 Å². The van der Waals surface area contributed by atoms with Crippen LogP contribution in [-0.4, -0.2) is 0 Å². The van der Waals surface area contributed by atoms with Gasteiger partial charge in [0.25, 0.3) is 0 Å². The largest absolute Gasteiger partial charge is 0.398 e. The minimum atomic E-state index is -0.637. The second kappa shape index (κ2) is 4.45. The van der Waals surface area contributed by atoms with Gasteiger partial charge < -0.3 is 5.73 Å². The number of nitrogens with two attached hydrogens (primary N) is 1. The summed E-state index contributed by atoms with van der Waals surface area (Å²) in [5.74, 6) is -1.26. The highest BCUT2D eigenvalue weighted by Crippen LogP contribution is 2.34. The fourth-order valence-corrected chi connectivity index (χ4v) is 1.99. The summed E-state index contributed by atoms with van der Waals surface area (Å²) in [5, 5.41) is 0. The summed E-state index contributed by atoms with van der Waals surface area (Å²) in [7, 11) is 0. The number of aryl methyl sites for hydroxylation is 1. The van der Waals surface area contributed by atoms with Crippen LogP contribution >= 0.6 is 15.9 Å². The topological polar surface area (TPSA) is 26.0 Å². The Hall–Kier alpha value is -1.42. The van der Waals surface area contributed by atoms with E-state index in [1.54, 1.807) is 18.2 Å². The molecule has 0 saturated carbocycles. The third kappa shape index (κ3) is 2.17. The second-order valence-electron chi connectivity index (χ2n) is 3.81. The van der Waals surface area contributed by atoms with Crippen LogP contribution in [0.25, 0.3) is 11.1 Å². The Labute approximate surface area is 106 Å². The molecule has 0 spiro atoms. The average molecular weight is 298 g/mol. The fourth-order valence-electron chi connectivity index (χ4n) is 1.66. The number of anilines is 1. The summed E-state index contributed by atoms with van der Waals surface area (Å²) in [5.41, 5.74) is 7.29. The van der Waals surface area contributed by atoms with Gasteiger partial charge in [0.05, 0.1) is 10.0 Å². The summed E-state index contributed by atoms with van der Waals surface area (Å²) in [6.07, 6.45) is 0. The maximum absolute atomic E-state index is 13.9. The lowest BCUT2D eigenvalue weighted by Crippen LogP contribution is -1.96. The van der Waals surface area contributed by atoms with Crippen molar-refractivity contribution in [2.45, 2.75) is 6.92 Å². The average Bonchev–Trinajstić information content (AvgIpc) is 2.29. The zero-order valence-corrected chi connectivity index (χ0v) is 10.7. The van der Waals surface area contributed by atoms with Crippen LogP contribution in [0.4, 0.5) is 14.5 Å². The van der Waals surface area contributed by atoms with Crippen LogP contribution in [0.1, 0.15) is 5.56 Å². The highest BCUT2D eigenvalue weighted by Gasteiger charge is 2.16. The third-order valence-electron chi connectivity index (χ3n) is 2.52. The van der Waals surface area contributed by atoms with Gasteiger partial charge in [-0.25, -0.2) is 8.78 Å². The maximum Gasteiger partial charge on any atom is 0.148 e. The first-order valence-corrected chi connectivity index (χ1v) is 5.80. The number of hydrogen-bond donors (Lipinski definition) is 1. The van der Waals surface area contributed by atoms with E-state index in [1.165, 1.54) is 12.1 Å². The van der Waals surface area contributed by atoms with Crippen molar-refractivity contribution >= 4 is 21.6 Å². The van der Waals surface area contributed by atoms with Gasteiger partial charge in [0.15, 0.2) is 0 Å². The maximum atomic E-state index is 13.9. The molecule has 1 nitrogen and oxygen atoms in total. The van der Waals surface area contributed by atoms with Crippen molar-refractivity contribution in [3.05, 3.63) is 52.0 Å². The SMILES string of the molecule is Cc1ccc(N)c(-c2c(F)ccc(Br)c2F)c1. The third-order valence-corrected chi connectivity index (χ3v) is 3.13. The Balaban J connectivity index is 2.76. The Morgan fingerprint density at radius 1 is 1.12 bits per heavy atom. The van der Waals surface area contributed by atoms with Crippen LogP contribution in [0.2, 0.25) is 0 Å². The van der Waals surface area contributed by atoms with Gasteiger partial charge in [0.1, 0.15) is 11.6 Å². The molecule has 2 N–H and O–H groups in total. The molecule has 0 aliphatic heterocycles. The predicted octanol–water partition coefficient (Wildman–Crippen LogP) is 4.28. The molecule has 0 atom stereocenters. The molecule has 0 radical (unpaired) electrons. The standard InChI is InChI=1S/C13H10BrF2N/c1-7-2-5-11(17)8(6-7)12-10(15)4-3-9(14)13(12)16/h2-6H,17H2,1H3. The van der Waals surface area contributed by atoms with Gasteiger partial charge >= 0.3 is 0 Å². The molecule has 0 aliphatic rings. The molecule has 0 aromatic heterocycles. The quantitative estimate of drug-likeness (QED) is 0.617. The van der Waals surface area contributed by atoms with E-state index in [1.807, 2.05) is 6.92 Å². The van der Waals surface area contributed by atoms with E-state index < -0.39 is 11.6 Å². The molecule has 2 aromatic rings. The van der Waals surface area contributed by atoms with Crippen molar-refractivity contribution in [2.75, 3.05) is 5.73 Å². The molecule has 2 rings (SSSR count). The molecule has 0 bridgehead atoms. The Kier molecular flexibility index (Phi) is 3.15. The molecule has 0 fully saturated rings. The molecule has 4 heteroatoms. The Morgan fingerprint density at radius 2 is 1.82 bits per heavy atom. The van der Waals surface area contributed by atoms with Gasteiger partial charge in [-0.15, -0.1) is 0 Å². The van der Waals surface area contributed by atoms with Crippen LogP contribution in [0.5, 0.6) is 0 Å². The van der Waals surface area contributed by atoms with Crippen LogP contribution in [0.3, 0.4) is 0 Å². The van der Waals surface area contributed by atoms with E-state index in [4.69, 9.17) is 5.73 Å². The highest BCUT2D eigenvalue weighted by molar-refractivity contribution is 9.10. The lowest BCUT2D eigenvalue weighted by molar-refractivity contribution is 0.585. The number of halogens is 3. The minimum Gasteiger partial charge on any atom is -0.398 e. The molecule has 17 heavy (non-hydrogen) atoms. The van der Waals surface area contributed by atoms with Crippen molar-refractivity contribution in [1.82, 2.24) is 0 Å². The van der Waals surface area contributed by atoms with Crippen molar-refractivity contribution < 1.29 is 8.78 Å². The van der Waals surface area contributed by atoms with E-state index >= 15 is 0 Å². The van der Waals surface area contributed by atoms with E-state index in [0.717, 1.165) is 5.56 Å². The zero-order valence-electron chi connectivity index (χ0n) is 9.10. The molecule has 0 saturated heterocycles. The lowest BCUT2D eigenvalue weighted by Gasteiger charge is -2.10. The highest BCUT2D eigenvalue weighted by atomic mass is 79.9. The van der Waals surface area contributed by atoms with Gasteiger partial charge in [-0.3, -0.25) is 0 Å². The van der Waals surface area contributed by atoms with Crippen molar-refractivity contribution in [3.8, 4) is 11.1 Å². The zero-order chi connectivity index (χ0) is 12.6. The van der Waals surface area contributed by atoms with Gasteiger partial charge in [-0.05, 0) is 47.1 Å². The van der Waals surface area contributed by atoms with Gasteiger partial charge in [-0.2, -0.15) is 0 Å². The first kappa shape index (κ1) is 12.0. The number of rotatable bonds is 1. The number of benzene rings is 2. The fraction of sp³-hybridized carbons (Fsp3) is 0.0769. The van der Waals surface area contributed by atoms with Crippen molar-refractivity contribution in [3.63, 3.8) is 0 Å². The lowest BCUT2D eigenvalue weighted by atomic mass is 10.0. The Morgan fingerprint density at radius 3 is 2.53 bits per heavy atom. The molecule has 2 aromatic carbocycles. The minimum absolute atomic E-state index is 0.0967. The van der Waals surface area contributed by atoms with E-state index in [-0.39, 0.29) is 10.0 Å². The number of hydrogen-bond acceptors (Lipinski definition) is 1. The molecular formula is C13H10BrF2N. The van der Waals surface area contributed by atoms with Gasteiger partial charge in [0.2, 0.25) is 0 Å². The number of nitrogen functional groups attached to an aromatic ring is 1. The summed E-state index contributed by atoms with van der Waals surface area (Å²) < 4.78 is 27.8. The molecule has 88 valence electrons. The summed E-state index contributed by atoms with van der Waals surface area (Å²) in [6, 6.07) is 7.66.